The second-order valence-electron chi connectivity index (χ2n) is 8.24. The molecular formula is C22H28N4O6S2. The molecule has 0 aliphatic carbocycles. The Labute approximate surface area is 200 Å². The van der Waals surface area contributed by atoms with Gasteiger partial charge in [0, 0.05) is 31.2 Å². The number of sulfonamides is 2. The van der Waals surface area contributed by atoms with Crippen LogP contribution in [0.3, 0.4) is 0 Å². The summed E-state index contributed by atoms with van der Waals surface area (Å²) in [4.78, 5) is 26.4. The van der Waals surface area contributed by atoms with Crippen molar-refractivity contribution in [3.8, 4) is 0 Å². The van der Waals surface area contributed by atoms with Crippen molar-refractivity contribution >= 4 is 37.7 Å². The summed E-state index contributed by atoms with van der Waals surface area (Å²) in [5.74, 6) is -0.465. The molecule has 3 rings (SSSR count). The Kier molecular flexibility index (Phi) is 7.95. The van der Waals surface area contributed by atoms with Crippen molar-refractivity contribution in [2.24, 2.45) is 0 Å². The number of carbonyl (C=O) groups excluding carboxylic acids is 2. The van der Waals surface area contributed by atoms with Crippen LogP contribution in [0.15, 0.2) is 54.6 Å². The Morgan fingerprint density at radius 2 is 1.56 bits per heavy atom. The second kappa shape index (κ2) is 10.5. The number of amides is 3. The van der Waals surface area contributed by atoms with E-state index in [1.165, 1.54) is 6.07 Å². The van der Waals surface area contributed by atoms with Crippen LogP contribution in [0.1, 0.15) is 28.8 Å². The van der Waals surface area contributed by atoms with Crippen LogP contribution in [0.2, 0.25) is 0 Å². The number of benzene rings is 2. The lowest BCUT2D eigenvalue weighted by molar-refractivity contribution is 0.0961. The molecule has 1 aliphatic heterocycles. The number of urea groups is 1. The smallest absolute Gasteiger partial charge is 0.321 e. The zero-order chi connectivity index (χ0) is 24.9. The molecule has 12 heteroatoms. The van der Waals surface area contributed by atoms with E-state index in [1.807, 2.05) is 0 Å². The number of hydrogen-bond donors (Lipinski definition) is 2. The second-order valence-corrected chi connectivity index (χ2v) is 12.1. The molecule has 0 aromatic heterocycles. The minimum atomic E-state index is -4.01. The Hall–Kier alpha value is -2.96. The largest absolute Gasteiger partial charge is 0.335 e. The van der Waals surface area contributed by atoms with Gasteiger partial charge in [0.15, 0.2) is 0 Å². The molecule has 2 aromatic rings. The minimum Gasteiger partial charge on any atom is -0.335 e. The summed E-state index contributed by atoms with van der Waals surface area (Å²) in [6.45, 7) is 1.84. The highest BCUT2D eigenvalue weighted by Gasteiger charge is 2.28. The highest BCUT2D eigenvalue weighted by molar-refractivity contribution is 8.09. The first kappa shape index (κ1) is 25.7. The van der Waals surface area contributed by atoms with Gasteiger partial charge in [-0.3, -0.25) is 15.0 Å². The van der Waals surface area contributed by atoms with E-state index < -0.39 is 32.0 Å². The maximum atomic E-state index is 12.2. The van der Waals surface area contributed by atoms with Crippen LogP contribution in [0.4, 0.5) is 10.5 Å². The molecule has 0 saturated carbocycles. The van der Waals surface area contributed by atoms with Gasteiger partial charge in [-0.25, -0.2) is 21.6 Å². The van der Waals surface area contributed by atoms with E-state index in [2.05, 4.69) is 15.5 Å². The van der Waals surface area contributed by atoms with Gasteiger partial charge in [-0.2, -0.15) is 3.71 Å². The van der Waals surface area contributed by atoms with Crippen molar-refractivity contribution < 1.29 is 26.4 Å². The molecule has 1 heterocycles. The molecule has 0 unspecified atom stereocenters. The number of likely N-dealkylation sites (tertiary alicyclic amines) is 1. The predicted octanol–water partition coefficient (Wildman–Crippen LogP) is 1.52. The molecule has 2 N–H and O–H groups in total. The van der Waals surface area contributed by atoms with Gasteiger partial charge >= 0.3 is 6.03 Å². The number of anilines is 1. The molecule has 184 valence electrons. The number of rotatable bonds is 7. The number of nitrogens with one attached hydrogen (secondary N) is 2. The lowest BCUT2D eigenvalue weighted by atomic mass is 10.0. The van der Waals surface area contributed by atoms with Gasteiger partial charge in [-0.1, -0.05) is 30.3 Å². The summed E-state index contributed by atoms with van der Waals surface area (Å²) >= 11 is 0. The summed E-state index contributed by atoms with van der Waals surface area (Å²) in [7, 11) is -8.02. The third-order valence-corrected chi connectivity index (χ3v) is 8.57. The Morgan fingerprint density at radius 1 is 0.941 bits per heavy atom. The van der Waals surface area contributed by atoms with Crippen LogP contribution in [-0.2, 0) is 26.6 Å². The minimum absolute atomic E-state index is 0.0683. The maximum absolute atomic E-state index is 12.2. The number of imide groups is 1. The van der Waals surface area contributed by atoms with Crippen molar-refractivity contribution in [3.05, 3.63) is 65.7 Å². The van der Waals surface area contributed by atoms with Crippen molar-refractivity contribution in [3.63, 3.8) is 0 Å². The van der Waals surface area contributed by atoms with Gasteiger partial charge in [-0.15, -0.1) is 0 Å². The average Bonchev–Trinajstić information content (AvgIpc) is 2.74. The van der Waals surface area contributed by atoms with E-state index in [-0.39, 0.29) is 11.7 Å². The fourth-order valence-corrected chi connectivity index (χ4v) is 6.84. The van der Waals surface area contributed by atoms with Crippen LogP contribution < -0.4 is 14.3 Å². The lowest BCUT2D eigenvalue weighted by Crippen LogP contribution is -2.49. The van der Waals surface area contributed by atoms with E-state index in [1.54, 1.807) is 48.5 Å². The topological polar surface area (TPSA) is 133 Å². The molecule has 1 aliphatic rings. The van der Waals surface area contributed by atoms with E-state index in [0.717, 1.165) is 18.1 Å². The number of nitrogens with zero attached hydrogens (tertiary/aromatic N) is 2. The van der Waals surface area contributed by atoms with Gasteiger partial charge < -0.3 is 5.32 Å². The summed E-state index contributed by atoms with van der Waals surface area (Å²) < 4.78 is 48.5. The molecule has 34 heavy (non-hydrogen) atoms. The summed E-state index contributed by atoms with van der Waals surface area (Å²) in [6.07, 6.45) is 3.04. The summed E-state index contributed by atoms with van der Waals surface area (Å²) in [6, 6.07) is 14.3. The first-order valence-corrected chi connectivity index (χ1v) is 14.3. The fourth-order valence-electron chi connectivity index (χ4n) is 3.88. The van der Waals surface area contributed by atoms with Crippen molar-refractivity contribution in [1.82, 2.24) is 15.5 Å². The molecule has 1 fully saturated rings. The first-order chi connectivity index (χ1) is 15.9. The molecule has 1 saturated heterocycles. The lowest BCUT2D eigenvalue weighted by Gasteiger charge is -2.32. The van der Waals surface area contributed by atoms with Gasteiger partial charge in [0.2, 0.25) is 20.0 Å². The molecule has 2 aromatic carbocycles. The van der Waals surface area contributed by atoms with Crippen molar-refractivity contribution in [2.75, 3.05) is 29.3 Å². The Bertz CT molecular complexity index is 1210. The number of carbonyl (C=O) groups is 2. The molecule has 0 bridgehead atoms. The van der Waals surface area contributed by atoms with Crippen LogP contribution >= 0.6 is 0 Å². The first-order valence-electron chi connectivity index (χ1n) is 10.6. The Morgan fingerprint density at radius 3 is 2.15 bits per heavy atom. The number of hydrogen-bond acceptors (Lipinski definition) is 7. The predicted molar refractivity (Wildman–Crippen MR) is 129 cm³/mol. The van der Waals surface area contributed by atoms with Gasteiger partial charge in [0.05, 0.1) is 18.2 Å². The number of piperidine rings is 1. The maximum Gasteiger partial charge on any atom is 0.321 e. The zero-order valence-electron chi connectivity index (χ0n) is 19.0. The molecular weight excluding hydrogens is 480 g/mol. The van der Waals surface area contributed by atoms with Crippen LogP contribution in [-0.4, -0.2) is 65.3 Å². The van der Waals surface area contributed by atoms with Crippen molar-refractivity contribution in [2.45, 2.75) is 25.4 Å². The van der Waals surface area contributed by atoms with Gasteiger partial charge in [0.1, 0.15) is 0 Å². The van der Waals surface area contributed by atoms with E-state index >= 15 is 0 Å². The van der Waals surface area contributed by atoms with Crippen LogP contribution in [0.25, 0.3) is 0 Å². The normalized spacial score (nSPS) is 15.5. The van der Waals surface area contributed by atoms with Gasteiger partial charge in [0.25, 0.3) is 5.91 Å². The summed E-state index contributed by atoms with van der Waals surface area (Å²) in [5.41, 5.74) is 1.24. The highest BCUT2D eigenvalue weighted by Crippen LogP contribution is 2.23. The van der Waals surface area contributed by atoms with Crippen molar-refractivity contribution in [1.29, 1.82) is 0 Å². The zero-order valence-corrected chi connectivity index (χ0v) is 20.6. The van der Waals surface area contributed by atoms with E-state index in [0.29, 0.717) is 41.7 Å². The SMILES string of the molecule is CS(=O)(=O)N(c1cccc(CN2CCC(NC(=O)NC(=O)c3ccccc3)CC2)c1)S(C)(=O)=O. The standard InChI is InChI=1S/C22H28N4O6S2/c1-33(29,30)26(34(2,31)32)20-10-6-7-17(15-20)16-25-13-11-19(12-14-25)23-22(28)24-21(27)18-8-4-3-5-9-18/h3-10,15,19H,11-14,16H2,1-2H3,(H2,23,24,27,28). The van der Waals surface area contributed by atoms with Crippen LogP contribution in [0.5, 0.6) is 0 Å². The van der Waals surface area contributed by atoms with Gasteiger partial charge in [-0.05, 0) is 42.7 Å². The average molecular weight is 509 g/mol. The third-order valence-electron chi connectivity index (χ3n) is 5.32. The molecule has 0 spiro atoms. The van der Waals surface area contributed by atoms with Crippen LogP contribution in [0, 0.1) is 0 Å². The molecule has 0 atom stereocenters. The quantitative estimate of drug-likeness (QED) is 0.579. The summed E-state index contributed by atoms with van der Waals surface area (Å²) in [5, 5.41) is 5.15. The monoisotopic (exact) mass is 508 g/mol. The Balaban J connectivity index is 1.54. The third kappa shape index (κ3) is 7.02. The highest BCUT2D eigenvalue weighted by atomic mass is 32.3. The fraction of sp³-hybridized carbons (Fsp3) is 0.364. The van der Waals surface area contributed by atoms with E-state index in [9.17, 15) is 26.4 Å². The molecule has 0 radical (unpaired) electrons. The van der Waals surface area contributed by atoms with E-state index in [4.69, 9.17) is 0 Å². The molecule has 10 nitrogen and oxygen atoms in total. The molecule has 3 amide bonds.